The number of hydrogen-bond acceptors (Lipinski definition) is 4. The Morgan fingerprint density at radius 1 is 1.47 bits per heavy atom. The van der Waals surface area contributed by atoms with Crippen LogP contribution in [0, 0.1) is 0 Å². The molecule has 0 aliphatic heterocycles. The molecule has 0 atom stereocenters. The van der Waals surface area contributed by atoms with Gasteiger partial charge in [-0.15, -0.1) is 0 Å². The third-order valence-corrected chi connectivity index (χ3v) is 5.20. The average Bonchev–Trinajstić information content (AvgIpc) is 2.24. The Morgan fingerprint density at radius 2 is 2.18 bits per heavy atom. The van der Waals surface area contributed by atoms with Crippen molar-refractivity contribution < 1.29 is 8.42 Å². The Balaban J connectivity index is 2.76. The molecule has 0 fully saturated rings. The van der Waals surface area contributed by atoms with E-state index in [0.29, 0.717) is 16.7 Å². The minimum absolute atomic E-state index is 0.218. The van der Waals surface area contributed by atoms with Gasteiger partial charge in [0.25, 0.3) is 0 Å². The number of benzene rings is 1. The molecule has 17 heavy (non-hydrogen) atoms. The average molecular weight is 339 g/mol. The van der Waals surface area contributed by atoms with Crippen LogP contribution in [0.15, 0.2) is 27.6 Å². The maximum atomic E-state index is 11.9. The van der Waals surface area contributed by atoms with Crippen LogP contribution in [0.3, 0.4) is 0 Å². The lowest BCUT2D eigenvalue weighted by Crippen LogP contribution is -2.25. The lowest BCUT2D eigenvalue weighted by molar-refractivity contribution is 0.580. The number of halogens is 1. The van der Waals surface area contributed by atoms with Gasteiger partial charge < -0.3 is 5.73 Å². The largest absolute Gasteiger partial charge is 0.399 e. The van der Waals surface area contributed by atoms with Crippen molar-refractivity contribution in [2.24, 2.45) is 0 Å². The van der Waals surface area contributed by atoms with Crippen molar-refractivity contribution in [1.82, 2.24) is 4.72 Å². The fourth-order valence-electron chi connectivity index (χ4n) is 1.24. The topological polar surface area (TPSA) is 72.2 Å². The first-order valence-corrected chi connectivity index (χ1v) is 8.68. The molecule has 0 radical (unpaired) electrons. The van der Waals surface area contributed by atoms with Gasteiger partial charge >= 0.3 is 0 Å². The van der Waals surface area contributed by atoms with Gasteiger partial charge in [-0.2, -0.15) is 11.8 Å². The molecule has 96 valence electrons. The minimum Gasteiger partial charge on any atom is -0.399 e. The van der Waals surface area contributed by atoms with Crippen LogP contribution in [0.4, 0.5) is 5.69 Å². The van der Waals surface area contributed by atoms with E-state index in [2.05, 4.69) is 20.7 Å². The highest BCUT2D eigenvalue weighted by molar-refractivity contribution is 9.10. The smallest absolute Gasteiger partial charge is 0.241 e. The zero-order valence-corrected chi connectivity index (χ0v) is 12.7. The van der Waals surface area contributed by atoms with Gasteiger partial charge in [0.1, 0.15) is 0 Å². The predicted molar refractivity (Wildman–Crippen MR) is 76.7 cm³/mol. The maximum absolute atomic E-state index is 11.9. The van der Waals surface area contributed by atoms with Gasteiger partial charge in [0.15, 0.2) is 0 Å². The molecule has 0 saturated carbocycles. The van der Waals surface area contributed by atoms with Crippen molar-refractivity contribution in [3.8, 4) is 0 Å². The van der Waals surface area contributed by atoms with E-state index in [0.717, 1.165) is 12.2 Å². The number of thioether (sulfide) groups is 1. The van der Waals surface area contributed by atoms with Crippen molar-refractivity contribution in [1.29, 1.82) is 0 Å². The van der Waals surface area contributed by atoms with E-state index < -0.39 is 10.0 Å². The van der Waals surface area contributed by atoms with E-state index in [9.17, 15) is 8.42 Å². The molecule has 0 unspecified atom stereocenters. The number of anilines is 1. The summed E-state index contributed by atoms with van der Waals surface area (Å²) < 4.78 is 26.9. The van der Waals surface area contributed by atoms with Gasteiger partial charge in [0.05, 0.1) is 4.90 Å². The summed E-state index contributed by atoms with van der Waals surface area (Å²) in [5.74, 6) is 0.936. The van der Waals surface area contributed by atoms with Crippen molar-refractivity contribution >= 4 is 43.4 Å². The number of nitrogens with one attached hydrogen (secondary N) is 1. The van der Waals surface area contributed by atoms with Crippen molar-refractivity contribution in [3.63, 3.8) is 0 Å². The normalized spacial score (nSPS) is 11.6. The van der Waals surface area contributed by atoms with Gasteiger partial charge in [-0.1, -0.05) is 0 Å². The molecule has 0 saturated heterocycles. The summed E-state index contributed by atoms with van der Waals surface area (Å²) in [6.07, 6.45) is 2.80. The van der Waals surface area contributed by atoms with Crippen LogP contribution in [0.2, 0.25) is 0 Å². The van der Waals surface area contributed by atoms with E-state index in [1.807, 2.05) is 6.26 Å². The number of nitrogens with two attached hydrogens (primary N) is 1. The van der Waals surface area contributed by atoms with Gasteiger partial charge in [0, 0.05) is 16.7 Å². The van der Waals surface area contributed by atoms with Gasteiger partial charge in [0.2, 0.25) is 10.0 Å². The quantitative estimate of drug-likeness (QED) is 0.615. The van der Waals surface area contributed by atoms with Crippen molar-refractivity contribution in [2.75, 3.05) is 24.3 Å². The Hall–Kier alpha value is -0.240. The predicted octanol–water partition coefficient (Wildman–Crippen LogP) is 2.06. The third kappa shape index (κ3) is 4.50. The molecule has 4 nitrogen and oxygen atoms in total. The first-order valence-electron chi connectivity index (χ1n) is 5.01. The Morgan fingerprint density at radius 3 is 2.76 bits per heavy atom. The summed E-state index contributed by atoms with van der Waals surface area (Å²) in [6, 6.07) is 4.65. The van der Waals surface area contributed by atoms with Gasteiger partial charge in [-0.05, 0) is 52.6 Å². The number of hydrogen-bond donors (Lipinski definition) is 2. The van der Waals surface area contributed by atoms with E-state index in [1.54, 1.807) is 23.9 Å². The highest BCUT2D eigenvalue weighted by atomic mass is 79.9. The molecule has 0 aliphatic carbocycles. The summed E-state index contributed by atoms with van der Waals surface area (Å²) in [5, 5.41) is 0. The second-order valence-corrected chi connectivity index (χ2v) is 7.01. The minimum atomic E-state index is -3.45. The summed E-state index contributed by atoms with van der Waals surface area (Å²) in [7, 11) is -3.45. The Kier molecular flexibility index (Phi) is 5.78. The SMILES string of the molecule is CSCCCNS(=O)(=O)c1ccc(N)cc1Br. The van der Waals surface area contributed by atoms with Crippen LogP contribution in [-0.4, -0.2) is 27.0 Å². The van der Waals surface area contributed by atoms with Crippen LogP contribution in [0.25, 0.3) is 0 Å². The summed E-state index contributed by atoms with van der Waals surface area (Å²) in [6.45, 7) is 0.444. The van der Waals surface area contributed by atoms with E-state index in [-0.39, 0.29) is 4.90 Å². The Bertz CT molecular complexity index is 477. The standard InChI is InChI=1S/C10H15BrN2O2S2/c1-16-6-2-5-13-17(14,15)10-4-3-8(12)7-9(10)11/h3-4,7,13H,2,5-6,12H2,1H3. The molecular formula is C10H15BrN2O2S2. The maximum Gasteiger partial charge on any atom is 0.241 e. The zero-order valence-electron chi connectivity index (χ0n) is 9.44. The van der Waals surface area contributed by atoms with Crippen LogP contribution in [-0.2, 0) is 10.0 Å². The molecular weight excluding hydrogens is 324 g/mol. The molecule has 3 N–H and O–H groups in total. The van der Waals surface area contributed by atoms with Crippen LogP contribution in [0.1, 0.15) is 6.42 Å². The molecule has 0 bridgehead atoms. The lowest BCUT2D eigenvalue weighted by atomic mass is 10.3. The molecule has 0 spiro atoms. The zero-order chi connectivity index (χ0) is 12.9. The van der Waals surface area contributed by atoms with E-state index >= 15 is 0 Å². The van der Waals surface area contributed by atoms with Crippen LogP contribution < -0.4 is 10.5 Å². The van der Waals surface area contributed by atoms with Crippen LogP contribution in [0.5, 0.6) is 0 Å². The molecule has 1 aromatic carbocycles. The third-order valence-electron chi connectivity index (χ3n) is 2.06. The van der Waals surface area contributed by atoms with Crippen LogP contribution >= 0.6 is 27.7 Å². The fourth-order valence-corrected chi connectivity index (χ4v) is 3.84. The van der Waals surface area contributed by atoms with Crippen molar-refractivity contribution in [2.45, 2.75) is 11.3 Å². The highest BCUT2D eigenvalue weighted by Crippen LogP contribution is 2.23. The molecule has 0 amide bonds. The molecule has 0 aromatic heterocycles. The molecule has 0 heterocycles. The van der Waals surface area contributed by atoms with Gasteiger partial charge in [-0.3, -0.25) is 0 Å². The van der Waals surface area contributed by atoms with Gasteiger partial charge in [-0.25, -0.2) is 13.1 Å². The number of rotatable bonds is 6. The van der Waals surface area contributed by atoms with E-state index in [4.69, 9.17) is 5.73 Å². The first kappa shape index (κ1) is 14.8. The number of nitrogen functional groups attached to an aromatic ring is 1. The monoisotopic (exact) mass is 338 g/mol. The fraction of sp³-hybridized carbons (Fsp3) is 0.400. The molecule has 7 heteroatoms. The number of sulfonamides is 1. The summed E-state index contributed by atoms with van der Waals surface area (Å²) in [4.78, 5) is 0.218. The molecule has 0 aliphatic rings. The molecule has 1 rings (SSSR count). The Labute approximate surface area is 115 Å². The summed E-state index contributed by atoms with van der Waals surface area (Å²) in [5.41, 5.74) is 6.09. The van der Waals surface area contributed by atoms with E-state index in [1.165, 1.54) is 6.07 Å². The molecule has 1 aromatic rings. The second kappa shape index (κ2) is 6.63. The first-order chi connectivity index (χ1) is 7.97. The highest BCUT2D eigenvalue weighted by Gasteiger charge is 2.16. The summed E-state index contributed by atoms with van der Waals surface area (Å²) >= 11 is 4.89. The second-order valence-electron chi connectivity index (χ2n) is 3.43. The lowest BCUT2D eigenvalue weighted by Gasteiger charge is -2.08. The van der Waals surface area contributed by atoms with Crippen molar-refractivity contribution in [3.05, 3.63) is 22.7 Å².